The van der Waals surface area contributed by atoms with Gasteiger partial charge in [0.25, 0.3) is 0 Å². The monoisotopic (exact) mass is 550 g/mol. The lowest BCUT2D eigenvalue weighted by molar-refractivity contribution is -0.162. The molecule has 4 N–H and O–H groups in total. The van der Waals surface area contributed by atoms with E-state index in [0.29, 0.717) is 5.52 Å². The molecule has 1 fully saturated rings. The summed E-state index contributed by atoms with van der Waals surface area (Å²) >= 11 is 0. The molecule has 0 unspecified atom stereocenters. The summed E-state index contributed by atoms with van der Waals surface area (Å²) in [5.41, 5.74) is 5.00. The molecule has 2 aromatic heterocycles. The number of carbonyl (C=O) groups is 3. The second-order valence-corrected chi connectivity index (χ2v) is 9.77. The van der Waals surface area contributed by atoms with Gasteiger partial charge in [0.2, 0.25) is 11.5 Å². The fourth-order valence-corrected chi connectivity index (χ4v) is 4.39. The molecule has 0 radical (unpaired) electrons. The first-order valence-electron chi connectivity index (χ1n) is 12.6. The molecule has 1 aromatic carbocycles. The van der Waals surface area contributed by atoms with Crippen molar-refractivity contribution in [2.75, 3.05) is 11.9 Å². The summed E-state index contributed by atoms with van der Waals surface area (Å²) in [5, 5.41) is 28.5. The maximum Gasteiger partial charge on any atom is 0.323 e. The van der Waals surface area contributed by atoms with Crippen molar-refractivity contribution in [2.24, 2.45) is 11.7 Å². The van der Waals surface area contributed by atoms with E-state index in [1.807, 2.05) is 12.1 Å². The number of nitrogens with zero attached hydrogens (tertiary/aromatic N) is 4. The van der Waals surface area contributed by atoms with Crippen LogP contribution in [0.15, 0.2) is 48.8 Å². The van der Waals surface area contributed by atoms with Crippen molar-refractivity contribution in [3.05, 3.63) is 60.0 Å². The Bertz CT molecular complexity index is 1440. The summed E-state index contributed by atoms with van der Waals surface area (Å²) in [6.07, 6.45) is -3.22. The minimum absolute atomic E-state index is 0.0195. The number of aliphatic hydroxyl groups is 1. The number of esters is 2. The van der Waals surface area contributed by atoms with Gasteiger partial charge in [-0.2, -0.15) is 10.4 Å². The normalized spacial score (nSPS) is 23.0. The number of amides is 1. The largest absolute Gasteiger partial charge is 0.463 e. The molecule has 5 atom stereocenters. The summed E-state index contributed by atoms with van der Waals surface area (Å²) in [5.74, 6) is -1.86. The fourth-order valence-electron chi connectivity index (χ4n) is 4.39. The first kappa shape index (κ1) is 28.6. The smallest absolute Gasteiger partial charge is 0.323 e. The molecule has 13 nitrogen and oxygen atoms in total. The van der Waals surface area contributed by atoms with Crippen LogP contribution >= 0.6 is 0 Å². The zero-order valence-corrected chi connectivity index (χ0v) is 22.2. The van der Waals surface area contributed by atoms with Crippen LogP contribution < -0.4 is 11.1 Å². The van der Waals surface area contributed by atoms with E-state index in [0.717, 1.165) is 11.9 Å². The van der Waals surface area contributed by atoms with E-state index < -0.39 is 48.5 Å². The van der Waals surface area contributed by atoms with Crippen LogP contribution in [-0.4, -0.2) is 68.5 Å². The molecule has 210 valence electrons. The Morgan fingerprint density at radius 3 is 2.62 bits per heavy atom. The summed E-state index contributed by atoms with van der Waals surface area (Å²) in [4.78, 5) is 41.0. The van der Waals surface area contributed by atoms with Gasteiger partial charge in [0.1, 0.15) is 42.8 Å². The molecule has 3 aromatic rings. The van der Waals surface area contributed by atoms with E-state index >= 15 is 0 Å². The molecule has 1 aliphatic rings. The Hall–Kier alpha value is -4.38. The highest BCUT2D eigenvalue weighted by molar-refractivity contribution is 5.91. The van der Waals surface area contributed by atoms with Crippen LogP contribution in [0.1, 0.15) is 32.0 Å². The van der Waals surface area contributed by atoms with Gasteiger partial charge in [-0.25, -0.2) is 9.50 Å². The Labute approximate surface area is 229 Å². The molecule has 0 spiro atoms. The molecule has 1 saturated heterocycles. The van der Waals surface area contributed by atoms with Gasteiger partial charge in [-0.05, 0) is 23.6 Å². The SMILES string of the molecule is CC(=O)Nc1ncnn2c([C@]3(C#N)O[C@H](COC(=O)Cc4ccccc4)[C@@H](OC(=O)[C@@H](N)C(C)C)[C@H]3O)ccc12. The molecule has 40 heavy (non-hydrogen) atoms. The number of benzene rings is 1. The van der Waals surface area contributed by atoms with Crippen LogP contribution in [0.4, 0.5) is 5.82 Å². The quantitative estimate of drug-likeness (QED) is 0.320. The Balaban J connectivity index is 1.66. The number of nitriles is 1. The van der Waals surface area contributed by atoms with E-state index in [4.69, 9.17) is 19.9 Å². The molecule has 0 saturated carbocycles. The van der Waals surface area contributed by atoms with Gasteiger partial charge in [-0.1, -0.05) is 44.2 Å². The van der Waals surface area contributed by atoms with E-state index in [1.54, 1.807) is 44.2 Å². The average molecular weight is 551 g/mol. The van der Waals surface area contributed by atoms with Gasteiger partial charge in [0.05, 0.1) is 12.1 Å². The summed E-state index contributed by atoms with van der Waals surface area (Å²) in [6, 6.07) is 12.9. The third-order valence-corrected chi connectivity index (χ3v) is 6.57. The lowest BCUT2D eigenvalue weighted by Gasteiger charge is -2.25. The fraction of sp³-hybridized carbons (Fsp3) is 0.407. The van der Waals surface area contributed by atoms with E-state index in [-0.39, 0.29) is 29.8 Å². The Morgan fingerprint density at radius 1 is 1.25 bits per heavy atom. The first-order chi connectivity index (χ1) is 19.1. The number of carbonyl (C=O) groups excluding carboxylic acids is 3. The third-order valence-electron chi connectivity index (χ3n) is 6.57. The lowest BCUT2D eigenvalue weighted by Crippen LogP contribution is -2.46. The standard InChI is InChI=1S/C27H30N6O7/c1-15(2)22(29)26(37)39-23-19(12-38-21(35)11-17-7-5-4-6-8-17)40-27(13-28,24(23)36)20-10-9-18-25(32-16(3)34)30-14-31-33(18)20/h4-10,14-15,19,22-24,36H,11-12,29H2,1-3H3,(H,30,31,32,34)/t19-,22+,23-,24-,27+/m1/s1. The summed E-state index contributed by atoms with van der Waals surface area (Å²) in [7, 11) is 0. The summed E-state index contributed by atoms with van der Waals surface area (Å²) < 4.78 is 18.3. The Morgan fingerprint density at radius 2 is 1.98 bits per heavy atom. The summed E-state index contributed by atoms with van der Waals surface area (Å²) in [6.45, 7) is 4.36. The molecule has 0 bridgehead atoms. The molecule has 0 aliphatic carbocycles. The van der Waals surface area contributed by atoms with Crippen molar-refractivity contribution in [1.82, 2.24) is 14.6 Å². The van der Waals surface area contributed by atoms with Crippen molar-refractivity contribution in [2.45, 2.75) is 57.1 Å². The molecule has 4 rings (SSSR count). The number of hydrogen-bond donors (Lipinski definition) is 3. The van der Waals surface area contributed by atoms with Crippen LogP contribution in [0.3, 0.4) is 0 Å². The second-order valence-electron chi connectivity index (χ2n) is 9.77. The van der Waals surface area contributed by atoms with Gasteiger partial charge >= 0.3 is 11.9 Å². The minimum atomic E-state index is -2.10. The van der Waals surface area contributed by atoms with Crippen molar-refractivity contribution < 1.29 is 33.7 Å². The number of rotatable bonds is 9. The maximum absolute atomic E-state index is 12.8. The average Bonchev–Trinajstić information content (AvgIpc) is 3.48. The number of hydrogen-bond acceptors (Lipinski definition) is 11. The molecule has 3 heterocycles. The van der Waals surface area contributed by atoms with Crippen molar-refractivity contribution in [1.29, 1.82) is 5.26 Å². The van der Waals surface area contributed by atoms with Crippen LogP contribution in [0.2, 0.25) is 0 Å². The van der Waals surface area contributed by atoms with Gasteiger partial charge in [0, 0.05) is 6.92 Å². The van der Waals surface area contributed by atoms with Gasteiger partial charge in [0.15, 0.2) is 11.9 Å². The number of fused-ring (bicyclic) bond motifs is 1. The van der Waals surface area contributed by atoms with E-state index in [2.05, 4.69) is 15.4 Å². The van der Waals surface area contributed by atoms with Crippen LogP contribution in [-0.2, 0) is 40.6 Å². The van der Waals surface area contributed by atoms with Crippen molar-refractivity contribution in [3.63, 3.8) is 0 Å². The number of nitrogens with two attached hydrogens (primary N) is 1. The zero-order valence-electron chi connectivity index (χ0n) is 22.2. The third kappa shape index (κ3) is 5.64. The topological polar surface area (TPSA) is 191 Å². The number of ether oxygens (including phenoxy) is 3. The zero-order chi connectivity index (χ0) is 29.0. The predicted molar refractivity (Wildman–Crippen MR) is 139 cm³/mol. The van der Waals surface area contributed by atoms with Gasteiger partial charge in [-0.3, -0.25) is 14.4 Å². The highest BCUT2D eigenvalue weighted by atomic mass is 16.6. The maximum atomic E-state index is 12.8. The number of aliphatic hydroxyl groups excluding tert-OH is 1. The highest BCUT2D eigenvalue weighted by Gasteiger charge is 2.60. The van der Waals surface area contributed by atoms with E-state index in [9.17, 15) is 24.8 Å². The minimum Gasteiger partial charge on any atom is -0.463 e. The van der Waals surface area contributed by atoms with Crippen molar-refractivity contribution in [3.8, 4) is 6.07 Å². The number of anilines is 1. The molecule has 1 amide bonds. The van der Waals surface area contributed by atoms with Crippen molar-refractivity contribution >= 4 is 29.2 Å². The highest BCUT2D eigenvalue weighted by Crippen LogP contribution is 2.42. The molecular weight excluding hydrogens is 520 g/mol. The predicted octanol–water partition coefficient (Wildman–Crippen LogP) is 0.847. The van der Waals surface area contributed by atoms with Gasteiger partial charge < -0.3 is 30.4 Å². The number of aromatic nitrogens is 3. The van der Waals surface area contributed by atoms with Crippen LogP contribution in [0.5, 0.6) is 0 Å². The molecule has 13 heteroatoms. The van der Waals surface area contributed by atoms with Crippen LogP contribution in [0.25, 0.3) is 5.52 Å². The van der Waals surface area contributed by atoms with Gasteiger partial charge in [-0.15, -0.1) is 0 Å². The second kappa shape index (κ2) is 11.8. The number of nitrogens with one attached hydrogen (secondary N) is 1. The first-order valence-corrected chi connectivity index (χ1v) is 12.6. The van der Waals surface area contributed by atoms with E-state index in [1.165, 1.54) is 17.5 Å². The molecular formula is C27H30N6O7. The lowest BCUT2D eigenvalue weighted by atomic mass is 9.92. The molecule has 1 aliphatic heterocycles. The Kier molecular flexibility index (Phi) is 8.43. The van der Waals surface area contributed by atoms with Crippen LogP contribution in [0, 0.1) is 17.2 Å².